The molecular formula is C17H20N2O3S. The summed E-state index contributed by atoms with van der Waals surface area (Å²) in [5, 5.41) is 5.18. The van der Waals surface area contributed by atoms with E-state index < -0.39 is 0 Å². The van der Waals surface area contributed by atoms with E-state index >= 15 is 0 Å². The minimum Gasteiger partial charge on any atom is -0.469 e. The highest BCUT2D eigenvalue weighted by molar-refractivity contribution is 7.13. The van der Waals surface area contributed by atoms with Crippen molar-refractivity contribution in [3.63, 3.8) is 0 Å². The molecule has 0 saturated heterocycles. The van der Waals surface area contributed by atoms with Crippen LogP contribution in [0.3, 0.4) is 0 Å². The Morgan fingerprint density at radius 1 is 1.26 bits per heavy atom. The molecule has 0 aliphatic rings. The highest BCUT2D eigenvalue weighted by Crippen LogP contribution is 2.25. The van der Waals surface area contributed by atoms with E-state index in [9.17, 15) is 9.59 Å². The van der Waals surface area contributed by atoms with Crippen molar-refractivity contribution in [3.05, 3.63) is 40.9 Å². The van der Waals surface area contributed by atoms with Crippen molar-refractivity contribution in [1.82, 2.24) is 10.3 Å². The van der Waals surface area contributed by atoms with Crippen molar-refractivity contribution in [2.45, 2.75) is 26.2 Å². The number of aromatic nitrogens is 1. The molecule has 1 amide bonds. The number of hydrogen-bond acceptors (Lipinski definition) is 5. The van der Waals surface area contributed by atoms with Crippen molar-refractivity contribution < 1.29 is 14.3 Å². The zero-order valence-corrected chi connectivity index (χ0v) is 14.3. The molecule has 5 nitrogen and oxygen atoms in total. The van der Waals surface area contributed by atoms with Gasteiger partial charge in [0.15, 0.2) is 0 Å². The number of carbonyl (C=O) groups is 2. The zero-order valence-electron chi connectivity index (χ0n) is 13.5. The molecule has 0 unspecified atom stereocenters. The predicted octanol–water partition coefficient (Wildman–Crippen LogP) is 3.23. The summed E-state index contributed by atoms with van der Waals surface area (Å²) >= 11 is 1.43. The third-order valence-corrected chi connectivity index (χ3v) is 4.29. The number of benzene rings is 1. The van der Waals surface area contributed by atoms with Crippen LogP contribution in [-0.4, -0.2) is 30.5 Å². The van der Waals surface area contributed by atoms with E-state index in [1.54, 1.807) is 5.38 Å². The van der Waals surface area contributed by atoms with Gasteiger partial charge in [-0.15, -0.1) is 11.3 Å². The smallest absolute Gasteiger partial charge is 0.307 e. The van der Waals surface area contributed by atoms with Gasteiger partial charge >= 0.3 is 5.97 Å². The van der Waals surface area contributed by atoms with E-state index in [1.165, 1.54) is 24.0 Å². The summed E-state index contributed by atoms with van der Waals surface area (Å²) in [4.78, 5) is 27.4. The summed E-state index contributed by atoms with van der Waals surface area (Å²) in [6.45, 7) is 4.53. The molecule has 2 aromatic rings. The van der Waals surface area contributed by atoms with Gasteiger partial charge in [-0.3, -0.25) is 9.59 Å². The van der Waals surface area contributed by atoms with Gasteiger partial charge in [0.05, 0.1) is 13.5 Å². The fraction of sp³-hybridized carbons (Fsp3) is 0.353. The number of hydrogen-bond donors (Lipinski definition) is 1. The molecule has 23 heavy (non-hydrogen) atoms. The Kier molecular flexibility index (Phi) is 5.87. The van der Waals surface area contributed by atoms with Crippen LogP contribution in [0.4, 0.5) is 0 Å². The maximum absolute atomic E-state index is 12.0. The summed E-state index contributed by atoms with van der Waals surface area (Å²) in [6.07, 6.45) is 0.149. The maximum Gasteiger partial charge on any atom is 0.307 e. The van der Waals surface area contributed by atoms with Crippen molar-refractivity contribution in [2.24, 2.45) is 0 Å². The summed E-state index contributed by atoms with van der Waals surface area (Å²) in [5.74, 6) is -0.152. The highest BCUT2D eigenvalue weighted by atomic mass is 32.1. The normalized spacial score (nSPS) is 10.6. The van der Waals surface area contributed by atoms with Gasteiger partial charge in [0.2, 0.25) is 0 Å². The van der Waals surface area contributed by atoms with Gasteiger partial charge in [-0.2, -0.15) is 0 Å². The zero-order chi connectivity index (χ0) is 16.8. The number of ether oxygens (including phenoxy) is 1. The van der Waals surface area contributed by atoms with Crippen LogP contribution < -0.4 is 5.32 Å². The van der Waals surface area contributed by atoms with E-state index in [4.69, 9.17) is 0 Å². The van der Waals surface area contributed by atoms with Gasteiger partial charge in [0, 0.05) is 17.5 Å². The second-order valence-corrected chi connectivity index (χ2v) is 6.25. The number of nitrogens with one attached hydrogen (secondary N) is 1. The van der Waals surface area contributed by atoms with Crippen LogP contribution in [0, 0.1) is 0 Å². The second-order valence-electron chi connectivity index (χ2n) is 5.40. The second kappa shape index (κ2) is 7.87. The van der Waals surface area contributed by atoms with Gasteiger partial charge in [0.25, 0.3) is 5.91 Å². The molecule has 0 radical (unpaired) electrons. The Balaban J connectivity index is 1.99. The van der Waals surface area contributed by atoms with E-state index in [-0.39, 0.29) is 24.8 Å². The third-order valence-electron chi connectivity index (χ3n) is 3.40. The topological polar surface area (TPSA) is 68.3 Å². The first-order valence-corrected chi connectivity index (χ1v) is 8.30. The number of nitrogens with zero attached hydrogens (tertiary/aromatic N) is 1. The van der Waals surface area contributed by atoms with Crippen LogP contribution in [0.2, 0.25) is 0 Å². The number of methoxy groups -OCH3 is 1. The Labute approximate surface area is 139 Å². The van der Waals surface area contributed by atoms with Crippen LogP contribution in [-0.2, 0) is 9.53 Å². The van der Waals surface area contributed by atoms with Crippen LogP contribution in [0.1, 0.15) is 42.2 Å². The lowest BCUT2D eigenvalue weighted by Crippen LogP contribution is -2.26. The summed E-state index contributed by atoms with van der Waals surface area (Å²) in [5.41, 5.74) is 2.63. The molecule has 0 saturated carbocycles. The Morgan fingerprint density at radius 3 is 2.57 bits per heavy atom. The van der Waals surface area contributed by atoms with Gasteiger partial charge in [-0.25, -0.2) is 4.98 Å². The molecule has 1 aromatic heterocycles. The third kappa shape index (κ3) is 4.63. The number of carbonyl (C=O) groups excluding carboxylic acids is 2. The van der Waals surface area contributed by atoms with Gasteiger partial charge in [-0.05, 0) is 11.5 Å². The monoisotopic (exact) mass is 332 g/mol. The molecule has 6 heteroatoms. The Bertz CT molecular complexity index is 677. The molecule has 122 valence electrons. The van der Waals surface area contributed by atoms with Crippen LogP contribution in [0.15, 0.2) is 29.6 Å². The first kappa shape index (κ1) is 17.1. The molecule has 1 N–H and O–H groups in total. The number of esters is 1. The fourth-order valence-electron chi connectivity index (χ4n) is 1.99. The Hall–Kier alpha value is -2.21. The van der Waals surface area contributed by atoms with Crippen molar-refractivity contribution in [3.8, 4) is 10.6 Å². The van der Waals surface area contributed by atoms with Crippen molar-refractivity contribution >= 4 is 23.2 Å². The average Bonchev–Trinajstić information content (AvgIpc) is 3.04. The molecule has 0 fully saturated rings. The lowest BCUT2D eigenvalue weighted by atomic mass is 10.0. The van der Waals surface area contributed by atoms with Crippen molar-refractivity contribution in [2.75, 3.05) is 13.7 Å². The molecule has 0 aliphatic carbocycles. The highest BCUT2D eigenvalue weighted by Gasteiger charge is 2.12. The van der Waals surface area contributed by atoms with Crippen LogP contribution in [0.5, 0.6) is 0 Å². The number of rotatable bonds is 6. The van der Waals surface area contributed by atoms with Crippen LogP contribution >= 0.6 is 11.3 Å². The minimum absolute atomic E-state index is 0.149. The van der Waals surface area contributed by atoms with Gasteiger partial charge in [0.1, 0.15) is 10.7 Å². The quantitative estimate of drug-likeness (QED) is 0.825. The van der Waals surface area contributed by atoms with Gasteiger partial charge < -0.3 is 10.1 Å². The fourth-order valence-corrected chi connectivity index (χ4v) is 2.80. The molecule has 1 heterocycles. The maximum atomic E-state index is 12.0. The molecule has 1 aromatic carbocycles. The van der Waals surface area contributed by atoms with E-state index in [1.807, 2.05) is 12.1 Å². The largest absolute Gasteiger partial charge is 0.469 e. The minimum atomic E-state index is -0.352. The molecule has 2 rings (SSSR count). The number of thiazole rings is 1. The molecule has 0 spiro atoms. The van der Waals surface area contributed by atoms with E-state index in [2.05, 4.69) is 41.0 Å². The van der Waals surface area contributed by atoms with Crippen LogP contribution in [0.25, 0.3) is 10.6 Å². The first-order chi connectivity index (χ1) is 11.0. The predicted molar refractivity (Wildman–Crippen MR) is 90.6 cm³/mol. The van der Waals surface area contributed by atoms with E-state index in [0.29, 0.717) is 11.6 Å². The summed E-state index contributed by atoms with van der Waals surface area (Å²) in [7, 11) is 1.32. The van der Waals surface area contributed by atoms with Gasteiger partial charge in [-0.1, -0.05) is 38.1 Å². The molecule has 0 atom stereocenters. The SMILES string of the molecule is COC(=O)CCNC(=O)c1csc(-c2ccc(C(C)C)cc2)n1. The Morgan fingerprint density at radius 2 is 1.96 bits per heavy atom. The summed E-state index contributed by atoms with van der Waals surface area (Å²) in [6, 6.07) is 8.20. The standard InChI is InChI=1S/C17H20N2O3S/c1-11(2)12-4-6-13(7-5-12)17-19-14(10-23-17)16(21)18-9-8-15(20)22-3/h4-7,10-11H,8-9H2,1-3H3,(H,18,21). The lowest BCUT2D eigenvalue weighted by molar-refractivity contribution is -0.140. The van der Waals surface area contributed by atoms with E-state index in [0.717, 1.165) is 10.6 Å². The lowest BCUT2D eigenvalue weighted by Gasteiger charge is -2.05. The van der Waals surface area contributed by atoms with Crippen molar-refractivity contribution in [1.29, 1.82) is 0 Å². The first-order valence-electron chi connectivity index (χ1n) is 7.42. The average molecular weight is 332 g/mol. The molecule has 0 aliphatic heterocycles. The molecule has 0 bridgehead atoms. The number of amides is 1. The summed E-state index contributed by atoms with van der Waals surface area (Å²) < 4.78 is 4.52. The molecular weight excluding hydrogens is 312 g/mol.